The van der Waals surface area contributed by atoms with Crippen LogP contribution in [0.25, 0.3) is 0 Å². The molecule has 1 aromatic carbocycles. The molecule has 0 atom stereocenters. The zero-order chi connectivity index (χ0) is 12.9. The lowest BCUT2D eigenvalue weighted by molar-refractivity contribution is 0.593. The second-order valence-corrected chi connectivity index (χ2v) is 6.41. The Labute approximate surface area is 103 Å². The molecule has 0 aliphatic carbocycles. The number of anilines is 1. The average molecular weight is 256 g/mol. The smallest absolute Gasteiger partial charge is 0.235 e. The van der Waals surface area contributed by atoms with Gasteiger partial charge in [0.15, 0.2) is 0 Å². The first-order chi connectivity index (χ1) is 7.95. The summed E-state index contributed by atoms with van der Waals surface area (Å²) < 4.78 is 26.0. The van der Waals surface area contributed by atoms with Gasteiger partial charge in [0.1, 0.15) is 0 Å². The minimum atomic E-state index is -3.26. The molecule has 4 nitrogen and oxygen atoms in total. The molecular formula is C12H20N2O2S. The molecule has 0 saturated heterocycles. The minimum absolute atomic E-state index is 0.431. The topological polar surface area (TPSA) is 58.2 Å². The summed E-state index contributed by atoms with van der Waals surface area (Å²) in [6.45, 7) is 6.98. The molecule has 96 valence electrons. The van der Waals surface area contributed by atoms with Crippen LogP contribution in [0.4, 0.5) is 5.69 Å². The van der Waals surface area contributed by atoms with Crippen LogP contribution < -0.4 is 10.0 Å². The van der Waals surface area contributed by atoms with Crippen molar-refractivity contribution in [1.82, 2.24) is 5.32 Å². The predicted molar refractivity (Wildman–Crippen MR) is 71.5 cm³/mol. The Morgan fingerprint density at radius 1 is 1.29 bits per heavy atom. The second-order valence-electron chi connectivity index (χ2n) is 4.18. The third-order valence-corrected chi connectivity index (χ3v) is 4.15. The zero-order valence-corrected chi connectivity index (χ0v) is 11.3. The summed E-state index contributed by atoms with van der Waals surface area (Å²) in [6, 6.07) is 7.43. The summed E-state index contributed by atoms with van der Waals surface area (Å²) in [4.78, 5) is 0. The molecule has 0 aromatic heterocycles. The van der Waals surface area contributed by atoms with Gasteiger partial charge in [0.05, 0.1) is 5.25 Å². The van der Waals surface area contributed by atoms with Crippen molar-refractivity contribution in [3.05, 3.63) is 29.8 Å². The van der Waals surface area contributed by atoms with Crippen LogP contribution in [0.15, 0.2) is 24.3 Å². The summed E-state index contributed by atoms with van der Waals surface area (Å²) in [5.74, 6) is 0. The maximum atomic E-state index is 11.7. The van der Waals surface area contributed by atoms with Crippen LogP contribution >= 0.6 is 0 Å². The first-order valence-corrected chi connectivity index (χ1v) is 7.31. The van der Waals surface area contributed by atoms with Gasteiger partial charge in [0.2, 0.25) is 10.0 Å². The number of rotatable bonds is 6. The van der Waals surface area contributed by atoms with Crippen molar-refractivity contribution < 1.29 is 8.42 Å². The molecule has 0 aliphatic rings. The van der Waals surface area contributed by atoms with E-state index in [9.17, 15) is 8.42 Å². The van der Waals surface area contributed by atoms with E-state index in [-0.39, 0.29) is 0 Å². The van der Waals surface area contributed by atoms with E-state index in [1.165, 1.54) is 0 Å². The van der Waals surface area contributed by atoms with Crippen LogP contribution in [0.5, 0.6) is 0 Å². The van der Waals surface area contributed by atoms with E-state index in [0.29, 0.717) is 5.69 Å². The molecule has 0 unspecified atom stereocenters. The molecule has 5 heteroatoms. The van der Waals surface area contributed by atoms with Crippen molar-refractivity contribution in [3.63, 3.8) is 0 Å². The third-order valence-electron chi connectivity index (χ3n) is 2.39. The Bertz CT molecular complexity index is 455. The van der Waals surface area contributed by atoms with E-state index in [4.69, 9.17) is 0 Å². The molecule has 0 bridgehead atoms. The highest BCUT2D eigenvalue weighted by atomic mass is 32.2. The maximum Gasteiger partial charge on any atom is 0.235 e. The van der Waals surface area contributed by atoms with Gasteiger partial charge in [-0.25, -0.2) is 8.42 Å². The maximum absolute atomic E-state index is 11.7. The highest BCUT2D eigenvalue weighted by Crippen LogP contribution is 2.14. The number of hydrogen-bond acceptors (Lipinski definition) is 3. The second kappa shape index (κ2) is 6.02. The van der Waals surface area contributed by atoms with E-state index in [0.717, 1.165) is 18.7 Å². The monoisotopic (exact) mass is 256 g/mol. The standard InChI is InChI=1S/C12H20N2O2S/c1-4-13-9-11-6-5-7-12(8-11)14-17(15,16)10(2)3/h5-8,10,13-14H,4,9H2,1-3H3. The molecule has 0 fully saturated rings. The Balaban J connectivity index is 2.79. The van der Waals surface area contributed by atoms with Gasteiger partial charge in [0.25, 0.3) is 0 Å². The Kier molecular flexibility index (Phi) is 4.96. The van der Waals surface area contributed by atoms with Crippen molar-refractivity contribution in [2.24, 2.45) is 0 Å². The molecule has 0 amide bonds. The summed E-state index contributed by atoms with van der Waals surface area (Å²) in [5, 5.41) is 2.77. The molecular weight excluding hydrogens is 236 g/mol. The highest BCUT2D eigenvalue weighted by molar-refractivity contribution is 7.93. The number of benzene rings is 1. The summed E-state index contributed by atoms with van der Waals surface area (Å²) >= 11 is 0. The predicted octanol–water partition coefficient (Wildman–Crippen LogP) is 1.95. The third kappa shape index (κ3) is 4.36. The molecule has 0 radical (unpaired) electrons. The SMILES string of the molecule is CCNCc1cccc(NS(=O)(=O)C(C)C)c1. The number of hydrogen-bond donors (Lipinski definition) is 2. The van der Waals surface area contributed by atoms with Crippen LogP contribution in [0.3, 0.4) is 0 Å². The van der Waals surface area contributed by atoms with E-state index >= 15 is 0 Å². The van der Waals surface area contributed by atoms with Crippen LogP contribution in [0.2, 0.25) is 0 Å². The largest absolute Gasteiger partial charge is 0.313 e. The molecule has 1 aromatic rings. The summed E-state index contributed by atoms with van der Waals surface area (Å²) in [5.41, 5.74) is 1.69. The van der Waals surface area contributed by atoms with E-state index in [1.54, 1.807) is 19.9 Å². The van der Waals surface area contributed by atoms with Crippen molar-refractivity contribution >= 4 is 15.7 Å². The number of sulfonamides is 1. The van der Waals surface area contributed by atoms with Crippen molar-refractivity contribution in [2.75, 3.05) is 11.3 Å². The fraction of sp³-hybridized carbons (Fsp3) is 0.500. The van der Waals surface area contributed by atoms with Gasteiger partial charge in [0, 0.05) is 12.2 Å². The van der Waals surface area contributed by atoms with Crippen LogP contribution in [-0.4, -0.2) is 20.2 Å². The molecule has 0 spiro atoms. The van der Waals surface area contributed by atoms with Gasteiger partial charge in [-0.1, -0.05) is 19.1 Å². The van der Waals surface area contributed by atoms with Gasteiger partial charge < -0.3 is 5.32 Å². The van der Waals surface area contributed by atoms with E-state index < -0.39 is 15.3 Å². The van der Waals surface area contributed by atoms with Crippen molar-refractivity contribution in [2.45, 2.75) is 32.6 Å². The van der Waals surface area contributed by atoms with Gasteiger partial charge in [-0.2, -0.15) is 0 Å². The summed E-state index contributed by atoms with van der Waals surface area (Å²) in [7, 11) is -3.26. The molecule has 0 aliphatic heterocycles. The fourth-order valence-electron chi connectivity index (χ4n) is 1.30. The van der Waals surface area contributed by atoms with Gasteiger partial charge in [-0.15, -0.1) is 0 Å². The lowest BCUT2D eigenvalue weighted by atomic mass is 10.2. The minimum Gasteiger partial charge on any atom is -0.313 e. The van der Waals surface area contributed by atoms with E-state index in [2.05, 4.69) is 10.0 Å². The first kappa shape index (κ1) is 14.0. The van der Waals surface area contributed by atoms with Crippen molar-refractivity contribution in [1.29, 1.82) is 0 Å². The average Bonchev–Trinajstić information content (AvgIpc) is 2.26. The fourth-order valence-corrected chi connectivity index (χ4v) is 1.99. The quantitative estimate of drug-likeness (QED) is 0.818. The Hall–Kier alpha value is -1.07. The Morgan fingerprint density at radius 3 is 2.59 bits per heavy atom. The van der Waals surface area contributed by atoms with E-state index in [1.807, 2.05) is 25.1 Å². The molecule has 0 heterocycles. The van der Waals surface area contributed by atoms with Crippen LogP contribution in [0, 0.1) is 0 Å². The molecule has 1 rings (SSSR count). The number of nitrogens with one attached hydrogen (secondary N) is 2. The molecule has 2 N–H and O–H groups in total. The lowest BCUT2D eigenvalue weighted by Crippen LogP contribution is -2.22. The van der Waals surface area contributed by atoms with Gasteiger partial charge in [-0.3, -0.25) is 4.72 Å². The summed E-state index contributed by atoms with van der Waals surface area (Å²) in [6.07, 6.45) is 0. The van der Waals surface area contributed by atoms with Gasteiger partial charge in [-0.05, 0) is 38.1 Å². The first-order valence-electron chi connectivity index (χ1n) is 5.77. The van der Waals surface area contributed by atoms with Crippen LogP contribution in [-0.2, 0) is 16.6 Å². The molecule has 17 heavy (non-hydrogen) atoms. The van der Waals surface area contributed by atoms with Gasteiger partial charge >= 0.3 is 0 Å². The lowest BCUT2D eigenvalue weighted by Gasteiger charge is -2.11. The van der Waals surface area contributed by atoms with Crippen molar-refractivity contribution in [3.8, 4) is 0 Å². The Morgan fingerprint density at radius 2 is 2.00 bits per heavy atom. The highest BCUT2D eigenvalue weighted by Gasteiger charge is 2.15. The zero-order valence-electron chi connectivity index (χ0n) is 10.5. The van der Waals surface area contributed by atoms with Crippen LogP contribution in [0.1, 0.15) is 26.3 Å². The normalized spacial score (nSPS) is 11.8. The molecule has 0 saturated carbocycles.